The van der Waals surface area contributed by atoms with Crippen LogP contribution in [0.1, 0.15) is 39.8 Å². The lowest BCUT2D eigenvalue weighted by Crippen LogP contribution is -2.35. The quantitative estimate of drug-likeness (QED) is 0.796. The van der Waals surface area contributed by atoms with Crippen molar-refractivity contribution in [3.63, 3.8) is 0 Å². The fourth-order valence-electron chi connectivity index (χ4n) is 1.64. The molecule has 0 aliphatic carbocycles. The van der Waals surface area contributed by atoms with E-state index in [1.807, 2.05) is 0 Å². The largest absolute Gasteiger partial charge is 0.344 e. The summed E-state index contributed by atoms with van der Waals surface area (Å²) >= 11 is 0. The average molecular weight is 260 g/mol. The minimum absolute atomic E-state index is 0.0691. The number of nitrogens with zero attached hydrogens (tertiary/aromatic N) is 3. The van der Waals surface area contributed by atoms with Gasteiger partial charge in [-0.3, -0.25) is 4.98 Å². The lowest BCUT2D eigenvalue weighted by atomic mass is 10.1. The van der Waals surface area contributed by atoms with Gasteiger partial charge in [0.15, 0.2) is 0 Å². The molecular formula is C15H24N4. The number of nitrogens with one attached hydrogen (secondary N) is 1. The molecule has 0 fully saturated rings. The van der Waals surface area contributed by atoms with E-state index in [0.717, 1.165) is 24.5 Å². The summed E-state index contributed by atoms with van der Waals surface area (Å²) in [5.74, 6) is 3.52. The Balaban J connectivity index is 2.77. The van der Waals surface area contributed by atoms with Crippen molar-refractivity contribution in [2.24, 2.45) is 0 Å². The van der Waals surface area contributed by atoms with Gasteiger partial charge in [0.1, 0.15) is 5.82 Å². The molecule has 0 aliphatic heterocycles. The Labute approximate surface area is 116 Å². The second kappa shape index (κ2) is 7.10. The first-order valence-corrected chi connectivity index (χ1v) is 6.70. The standard InChI is InChI=1S/C15H24N4/c1-6-8-19(9-7-2)14-12-16-10-13(18-14)11-17-15(3,4)5/h1,10,12,17H,7-9,11H2,2-5H3. The second-order valence-electron chi connectivity index (χ2n) is 5.60. The molecular weight excluding hydrogens is 236 g/mol. The van der Waals surface area contributed by atoms with Crippen molar-refractivity contribution in [3.8, 4) is 12.3 Å². The van der Waals surface area contributed by atoms with Crippen LogP contribution in [0.2, 0.25) is 0 Å². The van der Waals surface area contributed by atoms with Crippen molar-refractivity contribution in [3.05, 3.63) is 18.1 Å². The Morgan fingerprint density at radius 3 is 2.68 bits per heavy atom. The number of hydrogen-bond acceptors (Lipinski definition) is 4. The molecule has 0 spiro atoms. The van der Waals surface area contributed by atoms with Gasteiger partial charge in [-0.2, -0.15) is 0 Å². The molecule has 1 rings (SSSR count). The van der Waals surface area contributed by atoms with E-state index in [9.17, 15) is 0 Å². The van der Waals surface area contributed by atoms with Crippen LogP contribution in [0, 0.1) is 12.3 Å². The summed E-state index contributed by atoms with van der Waals surface area (Å²) < 4.78 is 0. The molecule has 1 aromatic heterocycles. The first-order chi connectivity index (χ1) is 8.96. The molecule has 0 saturated carbocycles. The molecule has 19 heavy (non-hydrogen) atoms. The molecule has 0 atom stereocenters. The van der Waals surface area contributed by atoms with E-state index in [1.54, 1.807) is 12.4 Å². The van der Waals surface area contributed by atoms with Gasteiger partial charge in [-0.15, -0.1) is 6.42 Å². The van der Waals surface area contributed by atoms with Gasteiger partial charge in [-0.1, -0.05) is 12.8 Å². The lowest BCUT2D eigenvalue weighted by Gasteiger charge is -2.22. The maximum Gasteiger partial charge on any atom is 0.148 e. The third-order valence-corrected chi connectivity index (χ3v) is 2.57. The van der Waals surface area contributed by atoms with Gasteiger partial charge in [0, 0.05) is 24.8 Å². The van der Waals surface area contributed by atoms with E-state index >= 15 is 0 Å². The predicted octanol–water partition coefficient (Wildman–Crippen LogP) is 2.21. The molecule has 0 bridgehead atoms. The van der Waals surface area contributed by atoms with Crippen LogP contribution >= 0.6 is 0 Å². The highest BCUT2D eigenvalue weighted by atomic mass is 15.2. The molecule has 0 radical (unpaired) electrons. The number of rotatable bonds is 6. The van der Waals surface area contributed by atoms with Crippen molar-refractivity contribution in [2.45, 2.75) is 46.2 Å². The van der Waals surface area contributed by atoms with E-state index in [2.05, 4.69) is 53.8 Å². The van der Waals surface area contributed by atoms with Crippen molar-refractivity contribution in [2.75, 3.05) is 18.0 Å². The molecule has 4 nitrogen and oxygen atoms in total. The van der Waals surface area contributed by atoms with Gasteiger partial charge < -0.3 is 10.2 Å². The fourth-order valence-corrected chi connectivity index (χ4v) is 1.64. The molecule has 1 aromatic rings. The molecule has 0 aromatic carbocycles. The van der Waals surface area contributed by atoms with Gasteiger partial charge in [-0.25, -0.2) is 4.98 Å². The monoisotopic (exact) mass is 260 g/mol. The highest BCUT2D eigenvalue weighted by Crippen LogP contribution is 2.10. The average Bonchev–Trinajstić information content (AvgIpc) is 2.36. The van der Waals surface area contributed by atoms with Crippen molar-refractivity contribution in [1.29, 1.82) is 0 Å². The molecule has 1 N–H and O–H groups in total. The van der Waals surface area contributed by atoms with Crippen molar-refractivity contribution >= 4 is 5.82 Å². The predicted molar refractivity (Wildman–Crippen MR) is 80.0 cm³/mol. The van der Waals surface area contributed by atoms with Crippen LogP contribution in [0.4, 0.5) is 5.82 Å². The van der Waals surface area contributed by atoms with Crippen LogP contribution in [-0.4, -0.2) is 28.6 Å². The van der Waals surface area contributed by atoms with Crippen molar-refractivity contribution in [1.82, 2.24) is 15.3 Å². The van der Waals surface area contributed by atoms with Gasteiger partial charge in [-0.05, 0) is 27.2 Å². The summed E-state index contributed by atoms with van der Waals surface area (Å²) in [5.41, 5.74) is 1.00. The van der Waals surface area contributed by atoms with E-state index in [-0.39, 0.29) is 5.54 Å². The molecule has 0 amide bonds. The summed E-state index contributed by atoms with van der Waals surface area (Å²) in [6.45, 7) is 10.7. The number of anilines is 1. The molecule has 4 heteroatoms. The summed E-state index contributed by atoms with van der Waals surface area (Å²) in [6.07, 6.45) is 10.00. The Morgan fingerprint density at radius 1 is 1.37 bits per heavy atom. The number of terminal acetylenes is 1. The second-order valence-corrected chi connectivity index (χ2v) is 5.60. The van der Waals surface area contributed by atoms with Crippen LogP contribution in [0.3, 0.4) is 0 Å². The molecule has 1 heterocycles. The smallest absolute Gasteiger partial charge is 0.148 e. The van der Waals surface area contributed by atoms with E-state index < -0.39 is 0 Å². The van der Waals surface area contributed by atoms with Crippen LogP contribution in [0.15, 0.2) is 12.4 Å². The first-order valence-electron chi connectivity index (χ1n) is 6.70. The zero-order valence-electron chi connectivity index (χ0n) is 12.4. The lowest BCUT2D eigenvalue weighted by molar-refractivity contribution is 0.421. The maximum atomic E-state index is 5.40. The van der Waals surface area contributed by atoms with Crippen LogP contribution < -0.4 is 10.2 Å². The topological polar surface area (TPSA) is 41.1 Å². The number of hydrogen-bond donors (Lipinski definition) is 1. The van der Waals surface area contributed by atoms with Crippen LogP contribution in [-0.2, 0) is 6.54 Å². The molecule has 0 saturated heterocycles. The molecule has 0 unspecified atom stereocenters. The van der Waals surface area contributed by atoms with E-state index in [0.29, 0.717) is 13.1 Å². The minimum atomic E-state index is 0.0691. The summed E-state index contributed by atoms with van der Waals surface area (Å²) in [7, 11) is 0. The summed E-state index contributed by atoms with van der Waals surface area (Å²) in [6, 6.07) is 0. The van der Waals surface area contributed by atoms with E-state index in [1.165, 1.54) is 0 Å². The zero-order valence-corrected chi connectivity index (χ0v) is 12.4. The Kier molecular flexibility index (Phi) is 5.78. The summed E-state index contributed by atoms with van der Waals surface area (Å²) in [5, 5.41) is 3.41. The normalized spacial score (nSPS) is 11.1. The van der Waals surface area contributed by atoms with Crippen LogP contribution in [0.5, 0.6) is 0 Å². The van der Waals surface area contributed by atoms with Gasteiger partial charge in [0.2, 0.25) is 0 Å². The SMILES string of the molecule is C#CCN(CCC)c1cncc(CNC(C)(C)C)n1. The first kappa shape index (κ1) is 15.5. The highest BCUT2D eigenvalue weighted by molar-refractivity contribution is 5.38. The van der Waals surface area contributed by atoms with Crippen molar-refractivity contribution < 1.29 is 0 Å². The van der Waals surface area contributed by atoms with Gasteiger partial charge >= 0.3 is 0 Å². The van der Waals surface area contributed by atoms with Gasteiger partial charge in [0.05, 0.1) is 18.4 Å². The Morgan fingerprint density at radius 2 is 2.11 bits per heavy atom. The third kappa shape index (κ3) is 5.71. The highest BCUT2D eigenvalue weighted by Gasteiger charge is 2.11. The van der Waals surface area contributed by atoms with Gasteiger partial charge in [0.25, 0.3) is 0 Å². The molecule has 0 aliphatic rings. The zero-order chi connectivity index (χ0) is 14.3. The summed E-state index contributed by atoms with van der Waals surface area (Å²) in [4.78, 5) is 11.0. The Hall–Kier alpha value is -1.60. The molecule has 104 valence electrons. The number of aromatic nitrogens is 2. The fraction of sp³-hybridized carbons (Fsp3) is 0.600. The maximum absolute atomic E-state index is 5.40. The van der Waals surface area contributed by atoms with E-state index in [4.69, 9.17) is 6.42 Å². The Bertz CT molecular complexity index is 429. The van der Waals surface area contributed by atoms with Crippen LogP contribution in [0.25, 0.3) is 0 Å². The minimum Gasteiger partial charge on any atom is -0.344 e. The third-order valence-electron chi connectivity index (χ3n) is 2.57.